The van der Waals surface area contributed by atoms with Crippen molar-refractivity contribution in [2.75, 3.05) is 44.2 Å². The molecule has 0 radical (unpaired) electrons. The van der Waals surface area contributed by atoms with E-state index in [1.807, 2.05) is 29.2 Å². The van der Waals surface area contributed by atoms with E-state index in [4.69, 9.17) is 11.6 Å². The zero-order valence-electron chi connectivity index (χ0n) is 16.0. The molecule has 0 atom stereocenters. The third-order valence-corrected chi connectivity index (χ3v) is 5.27. The number of nitrogens with zero attached hydrogens (tertiary/aromatic N) is 2. The second-order valence-electron chi connectivity index (χ2n) is 7.08. The molecule has 0 bridgehead atoms. The normalized spacial score (nSPS) is 14.4. The van der Waals surface area contributed by atoms with Crippen molar-refractivity contribution >= 4 is 23.2 Å². The topological polar surface area (TPSA) is 35.6 Å². The number of aryl methyl sites for hydroxylation is 1. The van der Waals surface area contributed by atoms with Gasteiger partial charge in [-0.2, -0.15) is 0 Å². The Bertz CT molecular complexity index is 739. The number of carbonyl (C=O) groups is 1. The minimum absolute atomic E-state index is 0.248. The summed E-state index contributed by atoms with van der Waals surface area (Å²) in [6.45, 7) is 7.12. The second kappa shape index (κ2) is 9.77. The maximum absolute atomic E-state index is 12.4. The lowest BCUT2D eigenvalue weighted by Gasteiger charge is -2.36. The molecule has 0 saturated carbocycles. The van der Waals surface area contributed by atoms with Crippen molar-refractivity contribution in [3.63, 3.8) is 0 Å². The molecule has 1 fully saturated rings. The minimum Gasteiger partial charge on any atom is -0.368 e. The first kappa shape index (κ1) is 19.7. The van der Waals surface area contributed by atoms with E-state index in [1.54, 1.807) is 0 Å². The molecule has 144 valence electrons. The summed E-state index contributed by atoms with van der Waals surface area (Å²) >= 11 is 5.89. The van der Waals surface area contributed by atoms with Crippen LogP contribution in [0.5, 0.6) is 0 Å². The van der Waals surface area contributed by atoms with E-state index in [1.165, 1.54) is 16.8 Å². The Balaban J connectivity index is 1.33. The first-order valence-electron chi connectivity index (χ1n) is 9.66. The summed E-state index contributed by atoms with van der Waals surface area (Å²) in [7, 11) is 0. The van der Waals surface area contributed by atoms with E-state index in [2.05, 4.69) is 41.4 Å². The molecule has 1 amide bonds. The lowest BCUT2D eigenvalue weighted by atomic mass is 10.1. The fourth-order valence-corrected chi connectivity index (χ4v) is 3.53. The number of rotatable bonds is 7. The lowest BCUT2D eigenvalue weighted by molar-refractivity contribution is -0.131. The van der Waals surface area contributed by atoms with Gasteiger partial charge in [0.25, 0.3) is 0 Å². The smallest absolute Gasteiger partial charge is 0.223 e. The van der Waals surface area contributed by atoms with Crippen LogP contribution in [0.25, 0.3) is 0 Å². The molecule has 1 aliphatic heterocycles. The van der Waals surface area contributed by atoms with Gasteiger partial charge in [0.15, 0.2) is 0 Å². The summed E-state index contributed by atoms with van der Waals surface area (Å²) in [4.78, 5) is 16.8. The van der Waals surface area contributed by atoms with Crippen molar-refractivity contribution in [3.05, 3.63) is 64.7 Å². The summed E-state index contributed by atoms with van der Waals surface area (Å²) in [6.07, 6.45) is 1.51. The molecule has 0 aliphatic carbocycles. The Morgan fingerprint density at radius 3 is 2.48 bits per heavy atom. The van der Waals surface area contributed by atoms with Gasteiger partial charge in [-0.05, 0) is 55.3 Å². The quantitative estimate of drug-likeness (QED) is 0.741. The number of carbonyl (C=O) groups excluding carboxylic acids is 1. The molecule has 1 heterocycles. The van der Waals surface area contributed by atoms with Gasteiger partial charge in [-0.25, -0.2) is 0 Å². The highest BCUT2D eigenvalue weighted by atomic mass is 35.5. The number of nitrogens with one attached hydrogen (secondary N) is 1. The number of halogens is 1. The molecular weight excluding hydrogens is 358 g/mol. The van der Waals surface area contributed by atoms with Gasteiger partial charge < -0.3 is 15.1 Å². The van der Waals surface area contributed by atoms with Crippen LogP contribution in [0.15, 0.2) is 48.5 Å². The zero-order chi connectivity index (χ0) is 19.1. The first-order valence-corrected chi connectivity index (χ1v) is 10.0. The number of hydrogen-bond acceptors (Lipinski definition) is 3. The van der Waals surface area contributed by atoms with E-state index < -0.39 is 0 Å². The average Bonchev–Trinajstić information content (AvgIpc) is 2.69. The van der Waals surface area contributed by atoms with Crippen molar-refractivity contribution in [1.29, 1.82) is 0 Å². The largest absolute Gasteiger partial charge is 0.368 e. The second-order valence-corrected chi connectivity index (χ2v) is 7.52. The maximum atomic E-state index is 12.4. The molecule has 1 N–H and O–H groups in total. The van der Waals surface area contributed by atoms with Gasteiger partial charge >= 0.3 is 0 Å². The zero-order valence-corrected chi connectivity index (χ0v) is 16.7. The predicted octanol–water partition coefficient (Wildman–Crippen LogP) is 3.52. The molecule has 1 aliphatic rings. The minimum atomic E-state index is 0.248. The Labute approximate surface area is 167 Å². The van der Waals surface area contributed by atoms with E-state index in [9.17, 15) is 4.79 Å². The summed E-state index contributed by atoms with van der Waals surface area (Å²) in [5.41, 5.74) is 3.78. The van der Waals surface area contributed by atoms with Crippen molar-refractivity contribution in [2.45, 2.75) is 19.8 Å². The number of benzene rings is 2. The maximum Gasteiger partial charge on any atom is 0.223 e. The number of anilines is 1. The van der Waals surface area contributed by atoms with Crippen molar-refractivity contribution in [2.24, 2.45) is 0 Å². The molecular formula is C22H28ClN3O. The van der Waals surface area contributed by atoms with Gasteiger partial charge in [-0.15, -0.1) is 0 Å². The monoisotopic (exact) mass is 385 g/mol. The van der Waals surface area contributed by atoms with E-state index in [0.29, 0.717) is 6.42 Å². The molecule has 0 aromatic heterocycles. The Morgan fingerprint density at radius 2 is 1.78 bits per heavy atom. The standard InChI is InChI=1S/C22H28ClN3O/c1-18-3-2-4-21(17-18)25-13-15-26(16-14-25)22(27)10-12-24-11-9-19-5-7-20(23)8-6-19/h2-8,17,24H,9-16H2,1H3. The van der Waals surface area contributed by atoms with E-state index in [-0.39, 0.29) is 5.91 Å². The van der Waals surface area contributed by atoms with Gasteiger partial charge in [0, 0.05) is 49.9 Å². The third kappa shape index (κ3) is 5.98. The van der Waals surface area contributed by atoms with Gasteiger partial charge in [0.2, 0.25) is 5.91 Å². The van der Waals surface area contributed by atoms with Crippen LogP contribution in [0, 0.1) is 6.92 Å². The molecule has 4 nitrogen and oxygen atoms in total. The molecule has 1 saturated heterocycles. The molecule has 2 aromatic rings. The molecule has 0 spiro atoms. The van der Waals surface area contributed by atoms with Crippen LogP contribution >= 0.6 is 11.6 Å². The third-order valence-electron chi connectivity index (χ3n) is 5.02. The van der Waals surface area contributed by atoms with Crippen LogP contribution in [0.3, 0.4) is 0 Å². The van der Waals surface area contributed by atoms with Crippen LogP contribution in [0.2, 0.25) is 5.02 Å². The Hall–Kier alpha value is -2.04. The van der Waals surface area contributed by atoms with Crippen molar-refractivity contribution < 1.29 is 4.79 Å². The average molecular weight is 386 g/mol. The fraction of sp³-hybridized carbons (Fsp3) is 0.409. The predicted molar refractivity (Wildman–Crippen MR) is 113 cm³/mol. The summed E-state index contributed by atoms with van der Waals surface area (Å²) in [6, 6.07) is 16.5. The van der Waals surface area contributed by atoms with Gasteiger partial charge in [0.05, 0.1) is 0 Å². The van der Waals surface area contributed by atoms with E-state index >= 15 is 0 Å². The van der Waals surface area contributed by atoms with Gasteiger partial charge in [-0.3, -0.25) is 4.79 Å². The Kier molecular flexibility index (Phi) is 7.13. The van der Waals surface area contributed by atoms with Crippen molar-refractivity contribution in [3.8, 4) is 0 Å². The number of piperazine rings is 1. The van der Waals surface area contributed by atoms with Crippen molar-refractivity contribution in [1.82, 2.24) is 10.2 Å². The molecule has 2 aromatic carbocycles. The lowest BCUT2D eigenvalue weighted by Crippen LogP contribution is -2.49. The fourth-order valence-electron chi connectivity index (χ4n) is 3.40. The van der Waals surface area contributed by atoms with Gasteiger partial charge in [-0.1, -0.05) is 35.9 Å². The SMILES string of the molecule is Cc1cccc(N2CCN(C(=O)CCNCCc3ccc(Cl)cc3)CC2)c1. The van der Waals surface area contributed by atoms with Gasteiger partial charge in [0.1, 0.15) is 0 Å². The van der Waals surface area contributed by atoms with Crippen LogP contribution in [-0.4, -0.2) is 50.1 Å². The molecule has 27 heavy (non-hydrogen) atoms. The number of hydrogen-bond donors (Lipinski definition) is 1. The molecule has 3 rings (SSSR count). The summed E-state index contributed by atoms with van der Waals surface area (Å²) in [5.74, 6) is 0.248. The van der Waals surface area contributed by atoms with Crippen LogP contribution < -0.4 is 10.2 Å². The van der Waals surface area contributed by atoms with Crippen LogP contribution in [0.1, 0.15) is 17.5 Å². The van der Waals surface area contributed by atoms with E-state index in [0.717, 1.165) is 50.7 Å². The van der Waals surface area contributed by atoms with Crippen LogP contribution in [0.4, 0.5) is 5.69 Å². The highest BCUT2D eigenvalue weighted by molar-refractivity contribution is 6.30. The number of amides is 1. The molecule has 0 unspecified atom stereocenters. The summed E-state index contributed by atoms with van der Waals surface area (Å²) < 4.78 is 0. The highest BCUT2D eigenvalue weighted by Crippen LogP contribution is 2.18. The van der Waals surface area contributed by atoms with Crippen LogP contribution in [-0.2, 0) is 11.2 Å². The first-order chi connectivity index (χ1) is 13.1. The molecule has 5 heteroatoms. The summed E-state index contributed by atoms with van der Waals surface area (Å²) in [5, 5.41) is 4.13. The Morgan fingerprint density at radius 1 is 1.04 bits per heavy atom. The highest BCUT2D eigenvalue weighted by Gasteiger charge is 2.20.